The van der Waals surface area contributed by atoms with Crippen LogP contribution >= 0.6 is 0 Å². The standard InChI is InChI=1S/C29H27N3O3/c1-18-9-6-16-25(30-18)32-29(34)26-19(2)31-23-14-8-15-24(33)28(23)27(26)20-10-7-13-22(17-20)35-21-11-4-3-5-12-21/h3-7,9-13,16-17,26-27H,8,14-15H2,1-2H3,(H,30,32,34)/t26?,27-/m0/s1. The van der Waals surface area contributed by atoms with E-state index in [4.69, 9.17) is 9.73 Å². The maximum atomic E-state index is 13.6. The van der Waals surface area contributed by atoms with Crippen molar-refractivity contribution in [2.45, 2.75) is 39.0 Å². The predicted molar refractivity (Wildman–Crippen MR) is 136 cm³/mol. The molecule has 176 valence electrons. The highest BCUT2D eigenvalue weighted by Crippen LogP contribution is 2.44. The summed E-state index contributed by atoms with van der Waals surface area (Å²) in [6.45, 7) is 3.75. The average Bonchev–Trinajstić information content (AvgIpc) is 2.84. The van der Waals surface area contributed by atoms with Gasteiger partial charge in [-0.3, -0.25) is 14.6 Å². The van der Waals surface area contributed by atoms with Gasteiger partial charge in [-0.1, -0.05) is 36.4 Å². The number of para-hydroxylation sites is 1. The number of carbonyl (C=O) groups is 2. The van der Waals surface area contributed by atoms with Crippen molar-refractivity contribution in [3.05, 3.63) is 95.3 Å². The van der Waals surface area contributed by atoms with E-state index in [-0.39, 0.29) is 11.7 Å². The molecule has 1 aliphatic carbocycles. The van der Waals surface area contributed by atoms with Crippen LogP contribution in [0.15, 0.2) is 89.1 Å². The van der Waals surface area contributed by atoms with Gasteiger partial charge < -0.3 is 10.1 Å². The molecule has 1 amide bonds. The van der Waals surface area contributed by atoms with Crippen LogP contribution in [0.2, 0.25) is 0 Å². The molecule has 2 heterocycles. The average molecular weight is 466 g/mol. The molecule has 2 atom stereocenters. The third-order valence-corrected chi connectivity index (χ3v) is 6.45. The van der Waals surface area contributed by atoms with Gasteiger partial charge in [0.1, 0.15) is 17.3 Å². The van der Waals surface area contributed by atoms with Gasteiger partial charge in [-0.05, 0) is 68.7 Å². The number of aromatic nitrogens is 1. The second kappa shape index (κ2) is 9.66. The summed E-state index contributed by atoms with van der Waals surface area (Å²) in [6, 6.07) is 22.7. The maximum Gasteiger partial charge on any atom is 0.235 e. The van der Waals surface area contributed by atoms with Gasteiger partial charge in [-0.25, -0.2) is 4.98 Å². The second-order valence-electron chi connectivity index (χ2n) is 8.99. The molecule has 5 rings (SSSR count). The van der Waals surface area contributed by atoms with Crippen LogP contribution in [0.4, 0.5) is 5.82 Å². The van der Waals surface area contributed by atoms with Crippen LogP contribution in [0.25, 0.3) is 0 Å². The molecule has 0 radical (unpaired) electrons. The number of hydrogen-bond donors (Lipinski definition) is 1. The van der Waals surface area contributed by atoms with Crippen molar-refractivity contribution in [2.24, 2.45) is 10.9 Å². The summed E-state index contributed by atoms with van der Waals surface area (Å²) in [5.41, 5.74) is 3.81. The lowest BCUT2D eigenvalue weighted by atomic mass is 9.71. The fourth-order valence-corrected chi connectivity index (χ4v) is 4.92. The van der Waals surface area contributed by atoms with E-state index in [1.807, 2.05) is 80.6 Å². The lowest BCUT2D eigenvalue weighted by molar-refractivity contribution is -0.119. The monoisotopic (exact) mass is 465 g/mol. The van der Waals surface area contributed by atoms with Crippen molar-refractivity contribution in [3.63, 3.8) is 0 Å². The molecule has 1 unspecified atom stereocenters. The normalized spacial score (nSPS) is 19.6. The molecule has 0 spiro atoms. The first-order chi connectivity index (χ1) is 17.0. The summed E-state index contributed by atoms with van der Waals surface area (Å²) in [5, 5.41) is 2.95. The molecule has 2 aromatic carbocycles. The van der Waals surface area contributed by atoms with Crippen molar-refractivity contribution >= 4 is 23.2 Å². The molecule has 6 heteroatoms. The Bertz CT molecular complexity index is 1340. The van der Waals surface area contributed by atoms with E-state index >= 15 is 0 Å². The van der Waals surface area contributed by atoms with Crippen molar-refractivity contribution < 1.29 is 14.3 Å². The molecule has 0 bridgehead atoms. The van der Waals surface area contributed by atoms with Gasteiger partial charge >= 0.3 is 0 Å². The Labute approximate surface area is 204 Å². The largest absolute Gasteiger partial charge is 0.457 e. The molecule has 0 fully saturated rings. The van der Waals surface area contributed by atoms with Crippen LogP contribution in [0.3, 0.4) is 0 Å². The van der Waals surface area contributed by atoms with Crippen LogP contribution in [0.5, 0.6) is 11.5 Å². The number of carbonyl (C=O) groups excluding carboxylic acids is 2. The summed E-state index contributed by atoms with van der Waals surface area (Å²) in [7, 11) is 0. The van der Waals surface area contributed by atoms with E-state index in [9.17, 15) is 9.59 Å². The zero-order chi connectivity index (χ0) is 24.4. The number of ether oxygens (including phenoxy) is 1. The van der Waals surface area contributed by atoms with Gasteiger partial charge in [0.15, 0.2) is 5.78 Å². The van der Waals surface area contributed by atoms with Gasteiger partial charge in [0, 0.05) is 35.0 Å². The fourth-order valence-electron chi connectivity index (χ4n) is 4.92. The lowest BCUT2D eigenvalue weighted by Crippen LogP contribution is -2.39. The zero-order valence-electron chi connectivity index (χ0n) is 19.8. The Kier molecular flexibility index (Phi) is 6.27. The number of anilines is 1. The summed E-state index contributed by atoms with van der Waals surface area (Å²) >= 11 is 0. The van der Waals surface area contributed by atoms with Crippen LogP contribution in [-0.4, -0.2) is 22.4 Å². The molecule has 3 aromatic rings. The molecular weight excluding hydrogens is 438 g/mol. The first-order valence-electron chi connectivity index (χ1n) is 11.9. The molecule has 1 aromatic heterocycles. The molecule has 6 nitrogen and oxygen atoms in total. The molecular formula is C29H27N3O3. The number of pyridine rings is 1. The van der Waals surface area contributed by atoms with Gasteiger partial charge in [-0.2, -0.15) is 0 Å². The third-order valence-electron chi connectivity index (χ3n) is 6.45. The molecule has 0 saturated carbocycles. The van der Waals surface area contributed by atoms with E-state index in [2.05, 4.69) is 10.3 Å². The minimum Gasteiger partial charge on any atom is -0.457 e. The zero-order valence-corrected chi connectivity index (χ0v) is 19.8. The summed E-state index contributed by atoms with van der Waals surface area (Å²) in [5.74, 6) is 0.613. The second-order valence-corrected chi connectivity index (χ2v) is 8.99. The predicted octanol–water partition coefficient (Wildman–Crippen LogP) is 6.00. The number of aryl methyl sites for hydroxylation is 1. The van der Waals surface area contributed by atoms with Crippen LogP contribution in [0.1, 0.15) is 43.4 Å². The van der Waals surface area contributed by atoms with E-state index in [0.717, 1.165) is 35.5 Å². The molecule has 2 aliphatic rings. The fraction of sp³-hybridized carbons (Fsp3) is 0.241. The smallest absolute Gasteiger partial charge is 0.235 e. The Morgan fingerprint density at radius 3 is 2.51 bits per heavy atom. The molecule has 0 saturated heterocycles. The third kappa shape index (κ3) is 4.78. The number of benzene rings is 2. The van der Waals surface area contributed by atoms with E-state index < -0.39 is 11.8 Å². The number of nitrogens with one attached hydrogen (secondary N) is 1. The van der Waals surface area contributed by atoms with E-state index in [1.165, 1.54) is 0 Å². The molecule has 1 aliphatic heterocycles. The SMILES string of the molecule is CC1=NC2=C(C(=O)CCC2)[C@@H](c2cccc(Oc3ccccc3)c2)C1C(=O)Nc1cccc(C)n1. The van der Waals surface area contributed by atoms with Crippen LogP contribution in [0, 0.1) is 12.8 Å². The van der Waals surface area contributed by atoms with Gasteiger partial charge in [0.05, 0.1) is 5.92 Å². The Hall–Kier alpha value is -4.06. The van der Waals surface area contributed by atoms with Gasteiger partial charge in [0.2, 0.25) is 5.91 Å². The highest BCUT2D eigenvalue weighted by molar-refractivity contribution is 6.13. The quantitative estimate of drug-likeness (QED) is 0.501. The van der Waals surface area contributed by atoms with Crippen LogP contribution in [-0.2, 0) is 9.59 Å². The number of rotatable bonds is 5. The number of amides is 1. The minimum atomic E-state index is -0.634. The van der Waals surface area contributed by atoms with Crippen molar-refractivity contribution in [1.29, 1.82) is 0 Å². The molecule has 35 heavy (non-hydrogen) atoms. The van der Waals surface area contributed by atoms with E-state index in [0.29, 0.717) is 29.3 Å². The number of nitrogens with zero attached hydrogens (tertiary/aromatic N) is 2. The van der Waals surface area contributed by atoms with Gasteiger partial charge in [0.25, 0.3) is 0 Å². The highest BCUT2D eigenvalue weighted by Gasteiger charge is 2.42. The number of allylic oxidation sites excluding steroid dienone is 2. The van der Waals surface area contributed by atoms with E-state index in [1.54, 1.807) is 6.07 Å². The Balaban J connectivity index is 1.55. The minimum absolute atomic E-state index is 0.0633. The Morgan fingerprint density at radius 1 is 0.943 bits per heavy atom. The van der Waals surface area contributed by atoms with Gasteiger partial charge in [-0.15, -0.1) is 0 Å². The summed E-state index contributed by atoms with van der Waals surface area (Å²) < 4.78 is 6.06. The van der Waals surface area contributed by atoms with Crippen LogP contribution < -0.4 is 10.1 Å². The maximum absolute atomic E-state index is 13.6. The van der Waals surface area contributed by atoms with Crippen molar-refractivity contribution in [3.8, 4) is 11.5 Å². The van der Waals surface area contributed by atoms with Crippen molar-refractivity contribution in [1.82, 2.24) is 4.98 Å². The number of hydrogen-bond acceptors (Lipinski definition) is 5. The highest BCUT2D eigenvalue weighted by atomic mass is 16.5. The molecule has 1 N–H and O–H groups in total. The summed E-state index contributed by atoms with van der Waals surface area (Å²) in [6.07, 6.45) is 1.99. The lowest BCUT2D eigenvalue weighted by Gasteiger charge is -2.35. The number of Topliss-reactive ketones (excluding diaryl/α,β-unsaturated/α-hetero) is 1. The van der Waals surface area contributed by atoms with Crippen molar-refractivity contribution in [2.75, 3.05) is 5.32 Å². The number of ketones is 1. The Morgan fingerprint density at radius 2 is 1.71 bits per heavy atom. The number of aliphatic imine (C=N–C) groups is 1. The topological polar surface area (TPSA) is 80.6 Å². The first-order valence-corrected chi connectivity index (χ1v) is 11.9. The summed E-state index contributed by atoms with van der Waals surface area (Å²) in [4.78, 5) is 36.0. The first kappa shape index (κ1) is 22.7.